The molecular weight excluding hydrogens is 400 g/mol. The van der Waals surface area contributed by atoms with Gasteiger partial charge in [-0.25, -0.2) is 10.4 Å². The maximum atomic E-state index is 13.0. The second kappa shape index (κ2) is 9.83. The average Bonchev–Trinajstić information content (AvgIpc) is 2.83. The third kappa shape index (κ3) is 5.16. The molecule has 0 bridgehead atoms. The maximum absolute atomic E-state index is 13.0. The van der Waals surface area contributed by atoms with Crippen LogP contribution in [0.2, 0.25) is 0 Å². The predicted molar refractivity (Wildman–Crippen MR) is 127 cm³/mol. The van der Waals surface area contributed by atoms with Gasteiger partial charge in [0, 0.05) is 23.3 Å². The number of hydrogen-bond acceptors (Lipinski definition) is 5. The number of ether oxygens (including phenoxy) is 1. The number of nitrogens with zero attached hydrogens (tertiary/aromatic N) is 3. The zero-order valence-electron chi connectivity index (χ0n) is 18.0. The predicted octanol–water partition coefficient (Wildman–Crippen LogP) is 5.10. The number of carbonyl (C=O) groups is 1. The summed E-state index contributed by atoms with van der Waals surface area (Å²) in [6, 6.07) is 20.8. The van der Waals surface area contributed by atoms with Crippen LogP contribution < -0.4 is 10.2 Å². The van der Waals surface area contributed by atoms with Gasteiger partial charge in [0.1, 0.15) is 5.75 Å². The average molecular weight is 425 g/mol. The van der Waals surface area contributed by atoms with Crippen molar-refractivity contribution in [2.24, 2.45) is 11.0 Å². The number of pyridine rings is 2. The molecule has 2 aromatic carbocycles. The number of nitrogens with one attached hydrogen (secondary N) is 1. The summed E-state index contributed by atoms with van der Waals surface area (Å²) in [5, 5.41) is 4.85. The highest BCUT2D eigenvalue weighted by Gasteiger charge is 2.14. The van der Waals surface area contributed by atoms with E-state index in [9.17, 15) is 4.79 Å². The highest BCUT2D eigenvalue weighted by atomic mass is 16.5. The lowest BCUT2D eigenvalue weighted by Gasteiger charge is -2.11. The molecule has 0 unspecified atom stereocenters. The van der Waals surface area contributed by atoms with Crippen LogP contribution in [0, 0.1) is 5.92 Å². The molecule has 160 valence electrons. The zero-order valence-corrected chi connectivity index (χ0v) is 18.0. The van der Waals surface area contributed by atoms with Crippen molar-refractivity contribution in [2.75, 3.05) is 6.61 Å². The van der Waals surface area contributed by atoms with Gasteiger partial charge in [-0.05, 0) is 47.9 Å². The molecule has 0 aliphatic heterocycles. The van der Waals surface area contributed by atoms with Gasteiger partial charge in [0.2, 0.25) is 0 Å². The number of hydrazone groups is 1. The van der Waals surface area contributed by atoms with E-state index in [1.807, 2.05) is 60.7 Å². The maximum Gasteiger partial charge on any atom is 0.272 e. The van der Waals surface area contributed by atoms with E-state index in [4.69, 9.17) is 9.72 Å². The standard InChI is InChI=1S/C26H24N4O2/c1-18(2)17-32-21-7-5-6-20(14-21)25-15-23(22-8-3-4-9-24(22)29-25)26(31)30-28-16-19-10-12-27-13-11-19/h3-16,18H,17H2,1-2H3,(H,30,31)/b28-16+. The Hall–Kier alpha value is -4.06. The topological polar surface area (TPSA) is 76.5 Å². The number of benzene rings is 2. The molecule has 0 saturated heterocycles. The van der Waals surface area contributed by atoms with Crippen LogP contribution in [0.1, 0.15) is 29.8 Å². The fraction of sp³-hybridized carbons (Fsp3) is 0.154. The van der Waals surface area contributed by atoms with Gasteiger partial charge in [0.25, 0.3) is 5.91 Å². The summed E-state index contributed by atoms with van der Waals surface area (Å²) >= 11 is 0. The van der Waals surface area contributed by atoms with Crippen molar-refractivity contribution < 1.29 is 9.53 Å². The van der Waals surface area contributed by atoms with Gasteiger partial charge < -0.3 is 4.74 Å². The van der Waals surface area contributed by atoms with Crippen LogP contribution in [0.15, 0.2) is 84.2 Å². The second-order valence-electron chi connectivity index (χ2n) is 7.78. The molecule has 0 aliphatic carbocycles. The smallest absolute Gasteiger partial charge is 0.272 e. The van der Waals surface area contributed by atoms with Gasteiger partial charge in [-0.2, -0.15) is 5.10 Å². The molecular formula is C26H24N4O2. The molecule has 4 aromatic rings. The Morgan fingerprint density at radius 2 is 1.88 bits per heavy atom. The van der Waals surface area contributed by atoms with E-state index in [0.717, 1.165) is 27.8 Å². The Bertz CT molecular complexity index is 1250. The van der Waals surface area contributed by atoms with E-state index in [1.165, 1.54) is 0 Å². The van der Waals surface area contributed by atoms with Crippen molar-refractivity contribution in [2.45, 2.75) is 13.8 Å². The van der Waals surface area contributed by atoms with Crippen molar-refractivity contribution >= 4 is 23.0 Å². The minimum absolute atomic E-state index is 0.303. The van der Waals surface area contributed by atoms with Crippen LogP contribution in [0.25, 0.3) is 22.2 Å². The highest BCUT2D eigenvalue weighted by Crippen LogP contribution is 2.27. The fourth-order valence-corrected chi connectivity index (χ4v) is 3.19. The van der Waals surface area contributed by atoms with Crippen LogP contribution in [0.5, 0.6) is 5.75 Å². The first kappa shape index (κ1) is 21.2. The van der Waals surface area contributed by atoms with Gasteiger partial charge in [0.05, 0.1) is 29.6 Å². The van der Waals surface area contributed by atoms with Crippen LogP contribution in [-0.2, 0) is 0 Å². The third-order valence-electron chi connectivity index (χ3n) is 4.76. The Morgan fingerprint density at radius 3 is 2.69 bits per heavy atom. The summed E-state index contributed by atoms with van der Waals surface area (Å²) in [7, 11) is 0. The molecule has 6 nitrogen and oxygen atoms in total. The highest BCUT2D eigenvalue weighted by molar-refractivity contribution is 6.07. The monoisotopic (exact) mass is 424 g/mol. The van der Waals surface area contributed by atoms with E-state index in [0.29, 0.717) is 23.8 Å². The zero-order chi connectivity index (χ0) is 22.3. The van der Waals surface area contributed by atoms with Crippen molar-refractivity contribution in [3.05, 3.63) is 90.3 Å². The number of aromatic nitrogens is 2. The molecule has 0 spiro atoms. The van der Waals surface area contributed by atoms with E-state index in [2.05, 4.69) is 29.4 Å². The van der Waals surface area contributed by atoms with Gasteiger partial charge in [0.15, 0.2) is 0 Å². The first-order valence-electron chi connectivity index (χ1n) is 10.5. The van der Waals surface area contributed by atoms with Gasteiger partial charge in [-0.3, -0.25) is 9.78 Å². The van der Waals surface area contributed by atoms with Crippen molar-refractivity contribution in [3.8, 4) is 17.0 Å². The quantitative estimate of drug-likeness (QED) is 0.331. The minimum atomic E-state index is -0.303. The molecule has 1 amide bonds. The van der Waals surface area contributed by atoms with E-state index in [-0.39, 0.29) is 5.91 Å². The Labute approximate surface area is 187 Å². The summed E-state index contributed by atoms with van der Waals surface area (Å²) in [5.41, 5.74) is 6.29. The summed E-state index contributed by atoms with van der Waals surface area (Å²) in [6.07, 6.45) is 4.93. The summed E-state index contributed by atoms with van der Waals surface area (Å²) in [5.74, 6) is 0.905. The molecule has 0 radical (unpaired) electrons. The Balaban J connectivity index is 1.65. The summed E-state index contributed by atoms with van der Waals surface area (Å²) < 4.78 is 5.86. The van der Waals surface area contributed by atoms with E-state index >= 15 is 0 Å². The number of fused-ring (bicyclic) bond motifs is 1. The van der Waals surface area contributed by atoms with Crippen LogP contribution >= 0.6 is 0 Å². The molecule has 0 atom stereocenters. The lowest BCUT2D eigenvalue weighted by Crippen LogP contribution is -2.18. The third-order valence-corrected chi connectivity index (χ3v) is 4.76. The second-order valence-corrected chi connectivity index (χ2v) is 7.78. The SMILES string of the molecule is CC(C)COc1cccc(-c2cc(C(=O)N/N=C/c3ccncc3)c3ccccc3n2)c1. The number of hydrogen-bond donors (Lipinski definition) is 1. The molecule has 0 aliphatic rings. The largest absolute Gasteiger partial charge is 0.493 e. The normalized spacial score (nSPS) is 11.2. The number of rotatable bonds is 7. The van der Waals surface area contributed by atoms with Crippen molar-refractivity contribution in [1.29, 1.82) is 0 Å². The lowest BCUT2D eigenvalue weighted by atomic mass is 10.0. The van der Waals surface area contributed by atoms with Crippen LogP contribution in [-0.4, -0.2) is 28.7 Å². The summed E-state index contributed by atoms with van der Waals surface area (Å²) in [4.78, 5) is 21.7. The first-order valence-corrected chi connectivity index (χ1v) is 10.5. The van der Waals surface area contributed by atoms with E-state index in [1.54, 1.807) is 24.7 Å². The lowest BCUT2D eigenvalue weighted by molar-refractivity contribution is 0.0956. The van der Waals surface area contributed by atoms with E-state index < -0.39 is 0 Å². The van der Waals surface area contributed by atoms with Crippen molar-refractivity contribution in [3.63, 3.8) is 0 Å². The molecule has 6 heteroatoms. The number of para-hydroxylation sites is 1. The first-order chi connectivity index (χ1) is 15.6. The number of amides is 1. The Morgan fingerprint density at radius 1 is 1.06 bits per heavy atom. The molecule has 0 saturated carbocycles. The number of carbonyl (C=O) groups excluding carboxylic acids is 1. The van der Waals surface area contributed by atoms with Crippen molar-refractivity contribution in [1.82, 2.24) is 15.4 Å². The fourth-order valence-electron chi connectivity index (χ4n) is 3.19. The van der Waals surface area contributed by atoms with Gasteiger partial charge in [-0.1, -0.05) is 44.2 Å². The molecule has 2 heterocycles. The van der Waals surface area contributed by atoms with Crippen LogP contribution in [0.3, 0.4) is 0 Å². The Kier molecular flexibility index (Phi) is 6.51. The minimum Gasteiger partial charge on any atom is -0.493 e. The van der Waals surface area contributed by atoms with Gasteiger partial charge >= 0.3 is 0 Å². The molecule has 2 aromatic heterocycles. The molecule has 0 fully saturated rings. The summed E-state index contributed by atoms with van der Waals surface area (Å²) in [6.45, 7) is 4.85. The molecule has 1 N–H and O–H groups in total. The van der Waals surface area contributed by atoms with Gasteiger partial charge in [-0.15, -0.1) is 0 Å². The van der Waals surface area contributed by atoms with Crippen LogP contribution in [0.4, 0.5) is 0 Å². The molecule has 4 rings (SSSR count). The molecule has 32 heavy (non-hydrogen) atoms.